The summed E-state index contributed by atoms with van der Waals surface area (Å²) in [5, 5.41) is 2.86. The van der Waals surface area contributed by atoms with Crippen LogP contribution in [-0.4, -0.2) is 46.3 Å². The van der Waals surface area contributed by atoms with E-state index in [0.29, 0.717) is 19.4 Å². The number of amides is 3. The zero-order valence-corrected chi connectivity index (χ0v) is 17.4. The first-order chi connectivity index (χ1) is 11.6. The first-order valence-electron chi connectivity index (χ1n) is 9.12. The Morgan fingerprint density at radius 1 is 1.04 bits per heavy atom. The number of alkyl carbamates (subject to hydrolysis) is 1. The molecule has 1 fully saturated rings. The molecule has 0 aromatic carbocycles. The van der Waals surface area contributed by atoms with Crippen molar-refractivity contribution in [3.8, 4) is 0 Å². The summed E-state index contributed by atoms with van der Waals surface area (Å²) in [6.45, 7) is 14.9. The predicted molar refractivity (Wildman–Crippen MR) is 98.7 cm³/mol. The molecule has 0 radical (unpaired) electrons. The number of hydrogen-bond donors (Lipinski definition) is 1. The summed E-state index contributed by atoms with van der Waals surface area (Å²) >= 11 is 0. The molecular formula is C19H34N2O5. The minimum absolute atomic E-state index is 0.0890. The maximum Gasteiger partial charge on any atom is 0.417 e. The molecule has 1 rings (SSSR count). The van der Waals surface area contributed by atoms with Crippen LogP contribution in [0.1, 0.15) is 74.7 Å². The highest BCUT2D eigenvalue weighted by Gasteiger charge is 2.36. The Morgan fingerprint density at radius 3 is 2.04 bits per heavy atom. The number of nitrogens with one attached hydrogen (secondary N) is 1. The Bertz CT molecular complexity index is 543. The van der Waals surface area contributed by atoms with Crippen LogP contribution in [0.25, 0.3) is 0 Å². The Balaban J connectivity index is 2.57. The van der Waals surface area contributed by atoms with Crippen LogP contribution in [0, 0.1) is 5.92 Å². The van der Waals surface area contributed by atoms with Crippen LogP contribution >= 0.6 is 0 Å². The quantitative estimate of drug-likeness (QED) is 0.815. The summed E-state index contributed by atoms with van der Waals surface area (Å²) < 4.78 is 10.6. The average Bonchev–Trinajstić information content (AvgIpc) is 2.31. The van der Waals surface area contributed by atoms with Crippen molar-refractivity contribution in [2.45, 2.75) is 91.4 Å². The van der Waals surface area contributed by atoms with Crippen molar-refractivity contribution in [3.63, 3.8) is 0 Å². The molecule has 7 nitrogen and oxygen atoms in total. The fraction of sp³-hybridized carbons (Fsp3) is 0.842. The van der Waals surface area contributed by atoms with Gasteiger partial charge in [0.05, 0.1) is 0 Å². The Labute approximate surface area is 156 Å². The van der Waals surface area contributed by atoms with Crippen molar-refractivity contribution in [2.75, 3.05) is 6.54 Å². The first kappa shape index (κ1) is 22.3. The van der Waals surface area contributed by atoms with Crippen LogP contribution in [-0.2, 0) is 14.3 Å². The summed E-state index contributed by atoms with van der Waals surface area (Å²) in [6.07, 6.45) is 0.510. The van der Waals surface area contributed by atoms with Crippen molar-refractivity contribution in [1.82, 2.24) is 10.2 Å². The summed E-state index contributed by atoms with van der Waals surface area (Å²) in [5.41, 5.74) is -1.70. The average molecular weight is 370 g/mol. The zero-order chi connectivity index (χ0) is 20.3. The van der Waals surface area contributed by atoms with Crippen LogP contribution in [0.4, 0.5) is 9.59 Å². The van der Waals surface area contributed by atoms with E-state index in [1.807, 2.05) is 34.6 Å². The minimum atomic E-state index is -0.631. The Morgan fingerprint density at radius 2 is 1.58 bits per heavy atom. The molecule has 0 saturated carbocycles. The molecule has 150 valence electrons. The second-order valence-electron chi connectivity index (χ2n) is 9.60. The molecule has 0 aromatic heterocycles. The number of likely N-dealkylation sites (tertiary alicyclic amines) is 1. The van der Waals surface area contributed by atoms with Crippen molar-refractivity contribution in [3.05, 3.63) is 0 Å². The number of carbonyl (C=O) groups is 3. The van der Waals surface area contributed by atoms with E-state index in [1.165, 1.54) is 4.90 Å². The first-order valence-corrected chi connectivity index (χ1v) is 9.12. The van der Waals surface area contributed by atoms with Gasteiger partial charge in [0, 0.05) is 18.5 Å². The molecule has 1 heterocycles. The number of nitrogens with zero attached hydrogens (tertiary/aromatic N) is 1. The molecule has 0 aromatic rings. The lowest BCUT2D eigenvalue weighted by Gasteiger charge is -2.36. The third kappa shape index (κ3) is 8.06. The zero-order valence-electron chi connectivity index (χ0n) is 17.4. The van der Waals surface area contributed by atoms with Gasteiger partial charge in [-0.15, -0.1) is 0 Å². The van der Waals surface area contributed by atoms with Gasteiger partial charge in [-0.05, 0) is 74.1 Å². The lowest BCUT2D eigenvalue weighted by Crippen LogP contribution is -2.49. The van der Waals surface area contributed by atoms with Crippen molar-refractivity contribution >= 4 is 18.1 Å². The normalized spacial score (nSPS) is 19.2. The van der Waals surface area contributed by atoms with E-state index in [9.17, 15) is 14.4 Å². The molecule has 1 aliphatic heterocycles. The molecule has 1 aliphatic rings. The summed E-state index contributed by atoms with van der Waals surface area (Å²) in [5.74, 6) is -0.144. The number of piperidine rings is 1. The third-order valence-corrected chi connectivity index (χ3v) is 3.78. The molecule has 0 spiro atoms. The molecule has 0 aliphatic carbocycles. The lowest BCUT2D eigenvalue weighted by molar-refractivity contribution is -0.134. The topological polar surface area (TPSA) is 84.9 Å². The molecule has 1 N–H and O–H groups in total. The van der Waals surface area contributed by atoms with Gasteiger partial charge in [-0.3, -0.25) is 4.79 Å². The number of rotatable bonds is 3. The van der Waals surface area contributed by atoms with Gasteiger partial charge in [0.15, 0.2) is 0 Å². The minimum Gasteiger partial charge on any atom is -0.444 e. The second kappa shape index (κ2) is 7.84. The van der Waals surface area contributed by atoms with Crippen LogP contribution in [0.2, 0.25) is 0 Å². The fourth-order valence-electron chi connectivity index (χ4n) is 2.93. The fourth-order valence-corrected chi connectivity index (χ4v) is 2.93. The standard InChI is InChI=1S/C19H34N2O5/c1-17(2,3)25-15(23)20-19(7,8)12-13-9-10-21(14(22)11-13)16(24)26-18(4,5)6/h13H,9-12H2,1-8H3,(H,20,23)/t13-/m1/s1. The van der Waals surface area contributed by atoms with E-state index in [-0.39, 0.29) is 18.2 Å². The lowest BCUT2D eigenvalue weighted by atomic mass is 9.84. The summed E-state index contributed by atoms with van der Waals surface area (Å²) in [6, 6.07) is 0. The van der Waals surface area contributed by atoms with E-state index in [1.54, 1.807) is 20.8 Å². The van der Waals surface area contributed by atoms with Gasteiger partial charge < -0.3 is 14.8 Å². The molecule has 0 bridgehead atoms. The predicted octanol–water partition coefficient (Wildman–Crippen LogP) is 3.85. The van der Waals surface area contributed by atoms with E-state index < -0.39 is 28.9 Å². The van der Waals surface area contributed by atoms with Gasteiger partial charge in [-0.2, -0.15) is 0 Å². The molecular weight excluding hydrogens is 336 g/mol. The Hall–Kier alpha value is -1.79. The van der Waals surface area contributed by atoms with Crippen LogP contribution in [0.5, 0.6) is 0 Å². The van der Waals surface area contributed by atoms with E-state index in [0.717, 1.165) is 0 Å². The molecule has 1 atom stereocenters. The largest absolute Gasteiger partial charge is 0.444 e. The SMILES string of the molecule is CC(C)(C[C@@H]1CCN(C(=O)OC(C)(C)C)C(=O)C1)NC(=O)OC(C)(C)C. The number of hydrogen-bond acceptors (Lipinski definition) is 5. The highest BCUT2D eigenvalue weighted by atomic mass is 16.6. The van der Waals surface area contributed by atoms with Crippen LogP contribution < -0.4 is 5.32 Å². The van der Waals surface area contributed by atoms with Crippen LogP contribution in [0.3, 0.4) is 0 Å². The van der Waals surface area contributed by atoms with E-state index in [2.05, 4.69) is 5.32 Å². The highest BCUT2D eigenvalue weighted by Crippen LogP contribution is 2.28. The van der Waals surface area contributed by atoms with E-state index >= 15 is 0 Å². The molecule has 3 amide bonds. The summed E-state index contributed by atoms with van der Waals surface area (Å²) in [4.78, 5) is 37.6. The maximum atomic E-state index is 12.3. The molecule has 1 saturated heterocycles. The smallest absolute Gasteiger partial charge is 0.417 e. The van der Waals surface area contributed by atoms with Gasteiger partial charge in [-0.1, -0.05) is 0 Å². The van der Waals surface area contributed by atoms with Gasteiger partial charge in [0.25, 0.3) is 0 Å². The van der Waals surface area contributed by atoms with Gasteiger partial charge in [-0.25, -0.2) is 14.5 Å². The van der Waals surface area contributed by atoms with Crippen LogP contribution in [0.15, 0.2) is 0 Å². The number of imide groups is 1. The monoisotopic (exact) mass is 370 g/mol. The molecule has 7 heteroatoms. The maximum absolute atomic E-state index is 12.3. The summed E-state index contributed by atoms with van der Waals surface area (Å²) in [7, 11) is 0. The van der Waals surface area contributed by atoms with Gasteiger partial charge in [0.1, 0.15) is 11.2 Å². The van der Waals surface area contributed by atoms with Crippen molar-refractivity contribution in [2.24, 2.45) is 5.92 Å². The Kier molecular flexibility index (Phi) is 6.71. The second-order valence-corrected chi connectivity index (χ2v) is 9.60. The van der Waals surface area contributed by atoms with Gasteiger partial charge in [0.2, 0.25) is 5.91 Å². The third-order valence-electron chi connectivity index (χ3n) is 3.78. The van der Waals surface area contributed by atoms with E-state index in [4.69, 9.17) is 9.47 Å². The van der Waals surface area contributed by atoms with Gasteiger partial charge >= 0.3 is 12.2 Å². The molecule has 26 heavy (non-hydrogen) atoms. The molecule has 0 unspecified atom stereocenters. The number of ether oxygens (including phenoxy) is 2. The number of carbonyl (C=O) groups excluding carboxylic acids is 3. The van der Waals surface area contributed by atoms with Crippen molar-refractivity contribution in [1.29, 1.82) is 0 Å². The highest BCUT2D eigenvalue weighted by molar-refractivity contribution is 5.92. The van der Waals surface area contributed by atoms with Crippen molar-refractivity contribution < 1.29 is 23.9 Å².